The van der Waals surface area contributed by atoms with E-state index in [1.54, 1.807) is 30.5 Å². The van der Waals surface area contributed by atoms with Gasteiger partial charge in [0.05, 0.1) is 18.9 Å². The summed E-state index contributed by atoms with van der Waals surface area (Å²) in [5.41, 5.74) is 6.14. The fourth-order valence-corrected chi connectivity index (χ4v) is 2.56. The van der Waals surface area contributed by atoms with Crippen LogP contribution in [-0.2, 0) is 6.61 Å². The summed E-state index contributed by atoms with van der Waals surface area (Å²) < 4.78 is 11.0. The van der Waals surface area contributed by atoms with E-state index in [0.717, 1.165) is 16.9 Å². The molecule has 1 amide bonds. The number of hydrogen-bond donors (Lipinski definition) is 1. The van der Waals surface area contributed by atoms with Gasteiger partial charge in [0.25, 0.3) is 5.91 Å². The topological polar surface area (TPSA) is 59.9 Å². The Hall–Kier alpha value is -3.60. The minimum atomic E-state index is -0.327. The van der Waals surface area contributed by atoms with Crippen molar-refractivity contribution in [2.24, 2.45) is 5.10 Å². The van der Waals surface area contributed by atoms with Crippen molar-refractivity contribution in [2.45, 2.75) is 13.5 Å². The van der Waals surface area contributed by atoms with Crippen molar-refractivity contribution in [2.75, 3.05) is 7.11 Å². The third kappa shape index (κ3) is 5.20. The molecule has 3 rings (SSSR count). The molecule has 0 saturated carbocycles. The summed E-state index contributed by atoms with van der Waals surface area (Å²) in [4.78, 5) is 12.2. The average molecular weight is 374 g/mol. The van der Waals surface area contributed by atoms with Crippen LogP contribution < -0.4 is 14.9 Å². The zero-order chi connectivity index (χ0) is 19.8. The summed E-state index contributed by atoms with van der Waals surface area (Å²) in [6.45, 7) is 2.58. The summed E-state index contributed by atoms with van der Waals surface area (Å²) >= 11 is 0. The molecule has 0 heterocycles. The van der Waals surface area contributed by atoms with E-state index in [1.165, 1.54) is 12.7 Å². The quantitative estimate of drug-likeness (QED) is 0.494. The molecular weight excluding hydrogens is 352 g/mol. The number of nitrogens with one attached hydrogen (secondary N) is 1. The second-order valence-electron chi connectivity index (χ2n) is 6.24. The molecule has 0 fully saturated rings. The van der Waals surface area contributed by atoms with Gasteiger partial charge in [-0.05, 0) is 54.4 Å². The van der Waals surface area contributed by atoms with Crippen molar-refractivity contribution < 1.29 is 14.3 Å². The van der Waals surface area contributed by atoms with E-state index in [0.29, 0.717) is 17.9 Å². The van der Waals surface area contributed by atoms with Crippen LogP contribution >= 0.6 is 0 Å². The lowest BCUT2D eigenvalue weighted by atomic mass is 10.2. The maximum Gasteiger partial charge on any atom is 0.275 e. The number of methoxy groups -OCH3 is 1. The maximum atomic E-state index is 12.2. The van der Waals surface area contributed by atoms with Gasteiger partial charge in [-0.25, -0.2) is 5.43 Å². The molecule has 0 radical (unpaired) electrons. The molecule has 0 spiro atoms. The van der Waals surface area contributed by atoms with E-state index in [1.807, 2.05) is 24.3 Å². The number of carbonyl (C=O) groups is 1. The van der Waals surface area contributed by atoms with E-state index in [2.05, 4.69) is 41.7 Å². The van der Waals surface area contributed by atoms with Crippen molar-refractivity contribution in [1.82, 2.24) is 5.43 Å². The molecule has 0 saturated heterocycles. The predicted octanol–water partition coefficient (Wildman–Crippen LogP) is 4.35. The first-order valence-electron chi connectivity index (χ1n) is 8.90. The lowest BCUT2D eigenvalue weighted by molar-refractivity contribution is 0.0952. The molecule has 0 atom stereocenters. The highest BCUT2D eigenvalue weighted by Crippen LogP contribution is 2.17. The monoisotopic (exact) mass is 374 g/mol. The van der Waals surface area contributed by atoms with Crippen molar-refractivity contribution in [3.63, 3.8) is 0 Å². The molecule has 5 heteroatoms. The van der Waals surface area contributed by atoms with Crippen LogP contribution in [0.5, 0.6) is 11.5 Å². The highest BCUT2D eigenvalue weighted by molar-refractivity contribution is 5.97. The Morgan fingerprint density at radius 2 is 1.71 bits per heavy atom. The first-order valence-corrected chi connectivity index (χ1v) is 8.90. The molecule has 0 aliphatic rings. The normalized spacial score (nSPS) is 10.6. The van der Waals surface area contributed by atoms with Crippen LogP contribution in [0.15, 0.2) is 77.9 Å². The van der Waals surface area contributed by atoms with Crippen LogP contribution in [0.2, 0.25) is 0 Å². The molecule has 0 unspecified atom stereocenters. The van der Waals surface area contributed by atoms with Crippen molar-refractivity contribution in [3.8, 4) is 11.5 Å². The lowest BCUT2D eigenvalue weighted by Gasteiger charge is -2.07. The summed E-state index contributed by atoms with van der Waals surface area (Å²) in [5.74, 6) is 0.952. The third-order valence-electron chi connectivity index (χ3n) is 4.14. The smallest absolute Gasteiger partial charge is 0.275 e. The van der Waals surface area contributed by atoms with Crippen LogP contribution in [0.4, 0.5) is 0 Å². The Labute approximate surface area is 164 Å². The standard InChI is InChI=1S/C23H22N2O3/c1-17-7-9-19(10-8-17)16-28-20-13-11-18(12-14-20)15-24-25-23(26)21-5-3-4-6-22(21)27-2/h3-15H,16H2,1-2H3,(H,25,26)/b24-15-. The maximum absolute atomic E-state index is 12.2. The number of hydrazone groups is 1. The van der Waals surface area contributed by atoms with Gasteiger partial charge in [0, 0.05) is 0 Å². The average Bonchev–Trinajstić information content (AvgIpc) is 2.74. The first kappa shape index (κ1) is 19.2. The van der Waals surface area contributed by atoms with Gasteiger partial charge in [0.15, 0.2) is 0 Å². The molecule has 0 bridgehead atoms. The second-order valence-corrected chi connectivity index (χ2v) is 6.24. The van der Waals surface area contributed by atoms with Crippen molar-refractivity contribution in [1.29, 1.82) is 0 Å². The van der Waals surface area contributed by atoms with Gasteiger partial charge in [0.1, 0.15) is 18.1 Å². The molecular formula is C23H22N2O3. The van der Waals surface area contributed by atoms with Crippen LogP contribution in [0.25, 0.3) is 0 Å². The van der Waals surface area contributed by atoms with Gasteiger partial charge >= 0.3 is 0 Å². The molecule has 142 valence electrons. The van der Waals surface area contributed by atoms with Gasteiger partial charge in [-0.15, -0.1) is 0 Å². The van der Waals surface area contributed by atoms with Crippen molar-refractivity contribution >= 4 is 12.1 Å². The minimum absolute atomic E-state index is 0.327. The predicted molar refractivity (Wildman–Crippen MR) is 110 cm³/mol. The zero-order valence-corrected chi connectivity index (χ0v) is 15.9. The van der Waals surface area contributed by atoms with Gasteiger partial charge in [0.2, 0.25) is 0 Å². The number of hydrogen-bond acceptors (Lipinski definition) is 4. The SMILES string of the molecule is COc1ccccc1C(=O)N/N=C\c1ccc(OCc2ccc(C)cc2)cc1. The van der Waals surface area contributed by atoms with E-state index in [-0.39, 0.29) is 5.91 Å². The summed E-state index contributed by atoms with van der Waals surface area (Å²) in [6.07, 6.45) is 1.58. The third-order valence-corrected chi connectivity index (χ3v) is 4.14. The Bertz CT molecular complexity index is 948. The number of para-hydroxylation sites is 1. The van der Waals surface area contributed by atoms with Gasteiger partial charge in [-0.1, -0.05) is 42.0 Å². The Kier molecular flexibility index (Phi) is 6.41. The van der Waals surface area contributed by atoms with E-state index in [4.69, 9.17) is 9.47 Å². The van der Waals surface area contributed by atoms with Crippen LogP contribution in [0.1, 0.15) is 27.0 Å². The zero-order valence-electron chi connectivity index (χ0n) is 15.9. The van der Waals surface area contributed by atoms with E-state index >= 15 is 0 Å². The molecule has 0 aliphatic heterocycles. The van der Waals surface area contributed by atoms with E-state index < -0.39 is 0 Å². The summed E-state index contributed by atoms with van der Waals surface area (Å²) in [7, 11) is 1.53. The Morgan fingerprint density at radius 1 is 1.00 bits per heavy atom. The van der Waals surface area contributed by atoms with Crippen molar-refractivity contribution in [3.05, 3.63) is 95.1 Å². The molecule has 0 aromatic heterocycles. The molecule has 1 N–H and O–H groups in total. The van der Waals surface area contributed by atoms with Gasteiger partial charge in [-0.3, -0.25) is 4.79 Å². The number of rotatable bonds is 7. The number of carbonyl (C=O) groups excluding carboxylic acids is 1. The van der Waals surface area contributed by atoms with Gasteiger partial charge < -0.3 is 9.47 Å². The number of ether oxygens (including phenoxy) is 2. The molecule has 3 aromatic rings. The highest BCUT2D eigenvalue weighted by Gasteiger charge is 2.09. The number of aryl methyl sites for hydroxylation is 1. The molecule has 0 aliphatic carbocycles. The summed E-state index contributed by atoms with van der Waals surface area (Å²) in [6, 6.07) is 22.7. The largest absolute Gasteiger partial charge is 0.496 e. The van der Waals surface area contributed by atoms with E-state index in [9.17, 15) is 4.79 Å². The minimum Gasteiger partial charge on any atom is -0.496 e. The Morgan fingerprint density at radius 3 is 2.43 bits per heavy atom. The van der Waals surface area contributed by atoms with Crippen LogP contribution in [-0.4, -0.2) is 19.2 Å². The molecule has 5 nitrogen and oxygen atoms in total. The number of benzene rings is 3. The highest BCUT2D eigenvalue weighted by atomic mass is 16.5. The Balaban J connectivity index is 1.53. The van der Waals surface area contributed by atoms with Crippen LogP contribution in [0.3, 0.4) is 0 Å². The first-order chi connectivity index (χ1) is 13.7. The number of nitrogens with zero attached hydrogens (tertiary/aromatic N) is 1. The number of amides is 1. The summed E-state index contributed by atoms with van der Waals surface area (Å²) in [5, 5.41) is 4.00. The van der Waals surface area contributed by atoms with Crippen LogP contribution in [0, 0.1) is 6.92 Å². The fraction of sp³-hybridized carbons (Fsp3) is 0.130. The fourth-order valence-electron chi connectivity index (χ4n) is 2.56. The van der Waals surface area contributed by atoms with Gasteiger partial charge in [-0.2, -0.15) is 5.10 Å². The molecule has 28 heavy (non-hydrogen) atoms. The lowest BCUT2D eigenvalue weighted by Crippen LogP contribution is -2.18. The molecule has 3 aromatic carbocycles. The second kappa shape index (κ2) is 9.37.